The molecule has 0 N–H and O–H groups in total. The Kier molecular flexibility index (Phi) is 4.95. The fraction of sp³-hybridized carbons (Fsp3) is 0.706. The number of nitrogens with zero attached hydrogens (tertiary/aromatic N) is 1. The number of aryl methyl sites for hydroxylation is 1. The van der Waals surface area contributed by atoms with Crippen LogP contribution in [0.15, 0.2) is 18.2 Å². The van der Waals surface area contributed by atoms with Crippen LogP contribution >= 0.6 is 0 Å². The summed E-state index contributed by atoms with van der Waals surface area (Å²) in [6.45, 7) is 13.7. The smallest absolute Gasteiger partial charge is 0.0412 e. The molecule has 0 fully saturated rings. The van der Waals surface area contributed by atoms with Crippen molar-refractivity contribution in [2.45, 2.75) is 67.2 Å². The zero-order valence-corrected chi connectivity index (χ0v) is 13.0. The van der Waals surface area contributed by atoms with E-state index in [1.807, 2.05) is 0 Å². The monoisotopic (exact) mass is 247 g/mol. The van der Waals surface area contributed by atoms with E-state index in [0.717, 1.165) is 12.8 Å². The summed E-state index contributed by atoms with van der Waals surface area (Å²) in [5, 5.41) is 0. The molecule has 1 rings (SSSR count). The second-order valence-electron chi connectivity index (χ2n) is 7.77. The van der Waals surface area contributed by atoms with Gasteiger partial charge in [0, 0.05) is 11.4 Å². The van der Waals surface area contributed by atoms with Crippen LogP contribution in [0, 0.1) is 10.8 Å². The zero-order valence-electron chi connectivity index (χ0n) is 13.0. The molecule has 0 amide bonds. The van der Waals surface area contributed by atoms with Gasteiger partial charge in [0.15, 0.2) is 0 Å². The van der Waals surface area contributed by atoms with Crippen molar-refractivity contribution in [2.75, 3.05) is 0 Å². The van der Waals surface area contributed by atoms with Gasteiger partial charge >= 0.3 is 0 Å². The SMILES string of the molecule is CC(C)(C)CCCc1cccc(CC(C)(C)C)n1. The first-order valence-electron chi connectivity index (χ1n) is 7.11. The predicted octanol–water partition coefficient (Wildman–Crippen LogP) is 5.04. The van der Waals surface area contributed by atoms with Crippen molar-refractivity contribution >= 4 is 0 Å². The summed E-state index contributed by atoms with van der Waals surface area (Å²) in [4.78, 5) is 4.78. The van der Waals surface area contributed by atoms with Crippen LogP contribution in [-0.2, 0) is 12.8 Å². The Balaban J connectivity index is 2.55. The quantitative estimate of drug-likeness (QED) is 0.726. The molecule has 0 atom stereocenters. The molecule has 18 heavy (non-hydrogen) atoms. The molecule has 1 heterocycles. The van der Waals surface area contributed by atoms with Gasteiger partial charge in [0.05, 0.1) is 0 Å². The van der Waals surface area contributed by atoms with Crippen LogP contribution in [-0.4, -0.2) is 4.98 Å². The number of aromatic nitrogens is 1. The first-order valence-corrected chi connectivity index (χ1v) is 7.11. The van der Waals surface area contributed by atoms with Crippen LogP contribution in [0.5, 0.6) is 0 Å². The lowest BCUT2D eigenvalue weighted by Crippen LogP contribution is -2.11. The Bertz CT molecular complexity index is 366. The molecule has 1 nitrogen and oxygen atoms in total. The van der Waals surface area contributed by atoms with E-state index in [1.54, 1.807) is 0 Å². The Morgan fingerprint density at radius 1 is 0.889 bits per heavy atom. The van der Waals surface area contributed by atoms with Crippen LogP contribution < -0.4 is 0 Å². The van der Waals surface area contributed by atoms with Crippen molar-refractivity contribution in [3.8, 4) is 0 Å². The van der Waals surface area contributed by atoms with E-state index in [4.69, 9.17) is 4.98 Å². The maximum absolute atomic E-state index is 4.78. The third-order valence-corrected chi connectivity index (χ3v) is 2.94. The van der Waals surface area contributed by atoms with Crippen LogP contribution in [0.25, 0.3) is 0 Å². The average Bonchev–Trinajstić information content (AvgIpc) is 2.13. The van der Waals surface area contributed by atoms with Gasteiger partial charge in [-0.3, -0.25) is 4.98 Å². The molecule has 1 aromatic rings. The van der Waals surface area contributed by atoms with Crippen molar-refractivity contribution in [2.24, 2.45) is 10.8 Å². The number of rotatable bonds is 4. The summed E-state index contributed by atoms with van der Waals surface area (Å²) in [7, 11) is 0. The predicted molar refractivity (Wildman–Crippen MR) is 79.8 cm³/mol. The maximum atomic E-state index is 4.78. The minimum atomic E-state index is 0.317. The number of hydrogen-bond donors (Lipinski definition) is 0. The molecular formula is C17H29N. The van der Waals surface area contributed by atoms with Gasteiger partial charge < -0.3 is 0 Å². The lowest BCUT2D eigenvalue weighted by molar-refractivity contribution is 0.364. The maximum Gasteiger partial charge on any atom is 0.0412 e. The molecule has 0 unspecified atom stereocenters. The van der Waals surface area contributed by atoms with E-state index in [0.29, 0.717) is 10.8 Å². The molecule has 0 bridgehead atoms. The molecule has 0 aliphatic heterocycles. The van der Waals surface area contributed by atoms with Gasteiger partial charge in [-0.2, -0.15) is 0 Å². The van der Waals surface area contributed by atoms with E-state index in [-0.39, 0.29) is 0 Å². The molecule has 0 aromatic carbocycles. The van der Waals surface area contributed by atoms with Gasteiger partial charge in [-0.25, -0.2) is 0 Å². The Hall–Kier alpha value is -0.850. The van der Waals surface area contributed by atoms with Crippen LogP contribution in [0.3, 0.4) is 0 Å². The normalized spacial score (nSPS) is 12.8. The van der Waals surface area contributed by atoms with Crippen LogP contribution in [0.2, 0.25) is 0 Å². The molecule has 1 aromatic heterocycles. The third kappa shape index (κ3) is 6.78. The summed E-state index contributed by atoms with van der Waals surface area (Å²) >= 11 is 0. The Morgan fingerprint density at radius 3 is 2.06 bits per heavy atom. The molecule has 0 aliphatic rings. The van der Waals surface area contributed by atoms with Gasteiger partial charge in [0.25, 0.3) is 0 Å². The van der Waals surface area contributed by atoms with Crippen molar-refractivity contribution in [1.29, 1.82) is 0 Å². The summed E-state index contributed by atoms with van der Waals surface area (Å²) in [6, 6.07) is 6.47. The fourth-order valence-electron chi connectivity index (χ4n) is 2.11. The highest BCUT2D eigenvalue weighted by molar-refractivity contribution is 5.12. The van der Waals surface area contributed by atoms with Gasteiger partial charge in [0.1, 0.15) is 0 Å². The number of pyridine rings is 1. The molecular weight excluding hydrogens is 218 g/mol. The first-order chi connectivity index (χ1) is 8.16. The van der Waals surface area contributed by atoms with Crippen molar-refractivity contribution in [3.05, 3.63) is 29.6 Å². The molecule has 0 aliphatic carbocycles. The lowest BCUT2D eigenvalue weighted by atomic mass is 9.89. The molecule has 1 heteroatoms. The summed E-state index contributed by atoms with van der Waals surface area (Å²) in [5.41, 5.74) is 3.23. The second kappa shape index (κ2) is 5.86. The Labute approximate surface area is 113 Å². The van der Waals surface area contributed by atoms with Gasteiger partial charge in [-0.05, 0) is 48.6 Å². The molecule has 0 spiro atoms. The highest BCUT2D eigenvalue weighted by atomic mass is 14.7. The van der Waals surface area contributed by atoms with Crippen molar-refractivity contribution in [1.82, 2.24) is 4.98 Å². The zero-order chi connectivity index (χ0) is 13.8. The standard InChI is InChI=1S/C17H29N/c1-16(2,3)12-8-11-14-9-7-10-15(18-14)13-17(4,5)6/h7,9-10H,8,11-13H2,1-6H3. The van der Waals surface area contributed by atoms with Gasteiger partial charge in [-0.1, -0.05) is 47.6 Å². The van der Waals surface area contributed by atoms with Crippen molar-refractivity contribution < 1.29 is 0 Å². The molecule has 0 saturated heterocycles. The molecule has 102 valence electrons. The topological polar surface area (TPSA) is 12.9 Å². The van der Waals surface area contributed by atoms with E-state index < -0.39 is 0 Å². The summed E-state index contributed by atoms with van der Waals surface area (Å²) in [5.74, 6) is 0. The third-order valence-electron chi connectivity index (χ3n) is 2.94. The largest absolute Gasteiger partial charge is 0.258 e. The number of hydrogen-bond acceptors (Lipinski definition) is 1. The van der Waals surface area contributed by atoms with E-state index >= 15 is 0 Å². The van der Waals surface area contributed by atoms with Gasteiger partial charge in [0.2, 0.25) is 0 Å². The van der Waals surface area contributed by atoms with Crippen molar-refractivity contribution in [3.63, 3.8) is 0 Å². The fourth-order valence-corrected chi connectivity index (χ4v) is 2.11. The average molecular weight is 247 g/mol. The van der Waals surface area contributed by atoms with E-state index in [1.165, 1.54) is 24.2 Å². The minimum absolute atomic E-state index is 0.317. The second-order valence-corrected chi connectivity index (χ2v) is 7.77. The first kappa shape index (κ1) is 15.2. The summed E-state index contributed by atoms with van der Waals surface area (Å²) in [6.07, 6.45) is 4.66. The molecule has 0 saturated carbocycles. The summed E-state index contributed by atoms with van der Waals surface area (Å²) < 4.78 is 0. The van der Waals surface area contributed by atoms with Crippen LogP contribution in [0.1, 0.15) is 65.8 Å². The van der Waals surface area contributed by atoms with Crippen LogP contribution in [0.4, 0.5) is 0 Å². The minimum Gasteiger partial charge on any atom is -0.258 e. The van der Waals surface area contributed by atoms with E-state index in [2.05, 4.69) is 59.7 Å². The lowest BCUT2D eigenvalue weighted by Gasteiger charge is -2.19. The Morgan fingerprint density at radius 2 is 1.50 bits per heavy atom. The molecule has 0 radical (unpaired) electrons. The highest BCUT2D eigenvalue weighted by Crippen LogP contribution is 2.22. The highest BCUT2D eigenvalue weighted by Gasteiger charge is 2.13. The van der Waals surface area contributed by atoms with Gasteiger partial charge in [-0.15, -0.1) is 0 Å². The van der Waals surface area contributed by atoms with E-state index in [9.17, 15) is 0 Å².